The topological polar surface area (TPSA) is 46.3 Å². The van der Waals surface area contributed by atoms with Gasteiger partial charge in [0.25, 0.3) is 0 Å². The highest BCUT2D eigenvalue weighted by atomic mass is 16.2. The fraction of sp³-hybridized carbons (Fsp3) is 0.917. The Kier molecular flexibility index (Phi) is 4.14. The lowest BCUT2D eigenvalue weighted by Crippen LogP contribution is -2.52. The maximum Gasteiger partial charge on any atom is 0.230 e. The van der Waals surface area contributed by atoms with Crippen molar-refractivity contribution in [2.24, 2.45) is 11.1 Å². The molecule has 1 rings (SSSR count). The minimum Gasteiger partial charge on any atom is -0.343 e. The van der Waals surface area contributed by atoms with Gasteiger partial charge in [0, 0.05) is 19.6 Å². The predicted molar refractivity (Wildman–Crippen MR) is 62.5 cm³/mol. The van der Waals surface area contributed by atoms with Crippen molar-refractivity contribution < 1.29 is 4.79 Å². The van der Waals surface area contributed by atoms with Crippen LogP contribution in [0.5, 0.6) is 0 Å². The van der Waals surface area contributed by atoms with Crippen LogP contribution in [0, 0.1) is 5.41 Å². The Hall–Kier alpha value is -0.570. The molecule has 88 valence electrons. The van der Waals surface area contributed by atoms with E-state index < -0.39 is 0 Å². The van der Waals surface area contributed by atoms with Gasteiger partial charge in [0.05, 0.1) is 5.41 Å². The van der Waals surface area contributed by atoms with Crippen molar-refractivity contribution in [1.82, 2.24) is 4.90 Å². The number of amides is 1. The van der Waals surface area contributed by atoms with Crippen LogP contribution in [0.3, 0.4) is 0 Å². The standard InChI is InChI=1S/C12H24N2O/c1-4-6-10(2)14(3)11(15)12(9-13)7-5-8-12/h10H,4-9,13H2,1-3H3. The zero-order valence-corrected chi connectivity index (χ0v) is 10.3. The van der Waals surface area contributed by atoms with E-state index in [4.69, 9.17) is 5.73 Å². The first-order valence-electron chi connectivity index (χ1n) is 6.04. The van der Waals surface area contributed by atoms with Gasteiger partial charge in [-0.3, -0.25) is 4.79 Å². The molecule has 0 bridgehead atoms. The smallest absolute Gasteiger partial charge is 0.230 e. The summed E-state index contributed by atoms with van der Waals surface area (Å²) < 4.78 is 0. The van der Waals surface area contributed by atoms with Gasteiger partial charge in [-0.25, -0.2) is 0 Å². The molecule has 1 fully saturated rings. The molecular formula is C12H24N2O. The number of rotatable bonds is 5. The van der Waals surface area contributed by atoms with Crippen LogP contribution in [0.1, 0.15) is 46.0 Å². The molecule has 3 heteroatoms. The van der Waals surface area contributed by atoms with E-state index in [1.54, 1.807) is 0 Å². The highest BCUT2D eigenvalue weighted by Crippen LogP contribution is 2.41. The Morgan fingerprint density at radius 1 is 1.53 bits per heavy atom. The average Bonchev–Trinajstić information content (AvgIpc) is 2.16. The van der Waals surface area contributed by atoms with E-state index in [9.17, 15) is 4.79 Å². The van der Waals surface area contributed by atoms with Crippen molar-refractivity contribution in [2.45, 2.75) is 52.0 Å². The van der Waals surface area contributed by atoms with Crippen LogP contribution in [0.25, 0.3) is 0 Å². The zero-order valence-electron chi connectivity index (χ0n) is 10.3. The number of hydrogen-bond donors (Lipinski definition) is 1. The second kappa shape index (κ2) is 4.97. The number of carbonyl (C=O) groups excluding carboxylic acids is 1. The first kappa shape index (κ1) is 12.5. The summed E-state index contributed by atoms with van der Waals surface area (Å²) in [7, 11) is 1.92. The Balaban J connectivity index is 2.58. The molecule has 1 aliphatic rings. The van der Waals surface area contributed by atoms with Crippen molar-refractivity contribution >= 4 is 5.91 Å². The molecule has 0 aromatic heterocycles. The van der Waals surface area contributed by atoms with Crippen LogP contribution in [0.4, 0.5) is 0 Å². The summed E-state index contributed by atoms with van der Waals surface area (Å²) in [6, 6.07) is 0.339. The second-order valence-corrected chi connectivity index (χ2v) is 4.89. The van der Waals surface area contributed by atoms with Gasteiger partial charge >= 0.3 is 0 Å². The Morgan fingerprint density at radius 3 is 2.47 bits per heavy atom. The summed E-state index contributed by atoms with van der Waals surface area (Å²) in [6.45, 7) is 4.77. The van der Waals surface area contributed by atoms with Gasteiger partial charge in [-0.2, -0.15) is 0 Å². The van der Waals surface area contributed by atoms with Crippen LogP contribution in [-0.4, -0.2) is 30.4 Å². The predicted octanol–water partition coefficient (Wildman–Crippen LogP) is 1.76. The van der Waals surface area contributed by atoms with E-state index in [-0.39, 0.29) is 11.3 Å². The molecule has 15 heavy (non-hydrogen) atoms. The van der Waals surface area contributed by atoms with Crippen LogP contribution in [-0.2, 0) is 4.79 Å². The summed E-state index contributed by atoms with van der Waals surface area (Å²) in [5.41, 5.74) is 5.52. The molecule has 0 aromatic rings. The molecular weight excluding hydrogens is 188 g/mol. The minimum absolute atomic E-state index is 0.212. The number of hydrogen-bond acceptors (Lipinski definition) is 2. The average molecular weight is 212 g/mol. The molecule has 1 amide bonds. The minimum atomic E-state index is -0.212. The third kappa shape index (κ3) is 2.33. The quantitative estimate of drug-likeness (QED) is 0.755. The van der Waals surface area contributed by atoms with Crippen LogP contribution < -0.4 is 5.73 Å². The highest BCUT2D eigenvalue weighted by Gasteiger charge is 2.44. The van der Waals surface area contributed by atoms with Crippen molar-refractivity contribution in [1.29, 1.82) is 0 Å². The molecule has 2 N–H and O–H groups in total. The first-order valence-corrected chi connectivity index (χ1v) is 6.04. The van der Waals surface area contributed by atoms with E-state index in [0.717, 1.165) is 32.1 Å². The van der Waals surface area contributed by atoms with Gasteiger partial charge in [0.1, 0.15) is 0 Å². The van der Waals surface area contributed by atoms with E-state index in [1.807, 2.05) is 11.9 Å². The summed E-state index contributed by atoms with van der Waals surface area (Å²) in [4.78, 5) is 14.1. The van der Waals surface area contributed by atoms with E-state index in [1.165, 1.54) is 0 Å². The van der Waals surface area contributed by atoms with Gasteiger partial charge in [0.2, 0.25) is 5.91 Å². The first-order chi connectivity index (χ1) is 7.07. The van der Waals surface area contributed by atoms with E-state index >= 15 is 0 Å². The van der Waals surface area contributed by atoms with Crippen LogP contribution >= 0.6 is 0 Å². The van der Waals surface area contributed by atoms with Crippen LogP contribution in [0.2, 0.25) is 0 Å². The Labute approximate surface area is 93.0 Å². The number of nitrogens with two attached hydrogens (primary N) is 1. The second-order valence-electron chi connectivity index (χ2n) is 4.89. The normalized spacial score (nSPS) is 20.5. The molecule has 0 radical (unpaired) electrons. The maximum atomic E-state index is 12.2. The van der Waals surface area contributed by atoms with Gasteiger partial charge in [-0.15, -0.1) is 0 Å². The van der Waals surface area contributed by atoms with Crippen molar-refractivity contribution in [3.8, 4) is 0 Å². The monoisotopic (exact) mass is 212 g/mol. The molecule has 3 nitrogen and oxygen atoms in total. The fourth-order valence-electron chi connectivity index (χ4n) is 2.29. The summed E-state index contributed by atoms with van der Waals surface area (Å²) in [6.07, 6.45) is 5.30. The molecule has 0 aliphatic heterocycles. The molecule has 1 aliphatic carbocycles. The van der Waals surface area contributed by atoms with Gasteiger partial charge in [0.15, 0.2) is 0 Å². The molecule has 1 unspecified atom stereocenters. The molecule has 0 heterocycles. The van der Waals surface area contributed by atoms with E-state index in [2.05, 4.69) is 13.8 Å². The SMILES string of the molecule is CCCC(C)N(C)C(=O)C1(CN)CCC1. The number of nitrogens with zero attached hydrogens (tertiary/aromatic N) is 1. The summed E-state index contributed by atoms with van der Waals surface area (Å²) in [5.74, 6) is 0.261. The lowest BCUT2D eigenvalue weighted by Gasteiger charge is -2.43. The van der Waals surface area contributed by atoms with Crippen molar-refractivity contribution in [2.75, 3.05) is 13.6 Å². The summed E-state index contributed by atoms with van der Waals surface area (Å²) in [5, 5.41) is 0. The molecule has 1 atom stereocenters. The largest absolute Gasteiger partial charge is 0.343 e. The third-order valence-electron chi connectivity index (χ3n) is 3.84. The fourth-order valence-corrected chi connectivity index (χ4v) is 2.29. The zero-order chi connectivity index (χ0) is 11.5. The van der Waals surface area contributed by atoms with Gasteiger partial charge in [-0.1, -0.05) is 19.8 Å². The molecule has 1 saturated carbocycles. The van der Waals surface area contributed by atoms with Gasteiger partial charge in [-0.05, 0) is 26.2 Å². The number of carbonyl (C=O) groups is 1. The summed E-state index contributed by atoms with van der Waals surface area (Å²) >= 11 is 0. The van der Waals surface area contributed by atoms with E-state index in [0.29, 0.717) is 12.6 Å². The Morgan fingerprint density at radius 2 is 2.13 bits per heavy atom. The molecule has 0 aromatic carbocycles. The Bertz CT molecular complexity index is 218. The van der Waals surface area contributed by atoms with Gasteiger partial charge < -0.3 is 10.6 Å². The molecule has 0 spiro atoms. The van der Waals surface area contributed by atoms with Crippen LogP contribution in [0.15, 0.2) is 0 Å². The van der Waals surface area contributed by atoms with Crippen molar-refractivity contribution in [3.05, 3.63) is 0 Å². The molecule has 0 saturated heterocycles. The maximum absolute atomic E-state index is 12.2. The van der Waals surface area contributed by atoms with Crippen molar-refractivity contribution in [3.63, 3.8) is 0 Å². The third-order valence-corrected chi connectivity index (χ3v) is 3.84. The lowest BCUT2D eigenvalue weighted by atomic mass is 9.67. The highest BCUT2D eigenvalue weighted by molar-refractivity contribution is 5.84. The lowest BCUT2D eigenvalue weighted by molar-refractivity contribution is -0.147.